The fourth-order valence-corrected chi connectivity index (χ4v) is 3.22. The first-order valence-electron chi connectivity index (χ1n) is 6.07. The summed E-state index contributed by atoms with van der Waals surface area (Å²) >= 11 is 0. The zero-order valence-electron chi connectivity index (χ0n) is 9.78. The number of nitrogens with zero attached hydrogens (tertiary/aromatic N) is 1. The van der Waals surface area contributed by atoms with Crippen LogP contribution in [-0.4, -0.2) is 16.2 Å². The molecule has 4 heteroatoms. The Bertz CT molecular complexity index is 537. The number of carbonyl (C=O) groups excluding carboxylic acids is 1. The third-order valence-corrected chi connectivity index (χ3v) is 4.11. The predicted octanol–water partition coefficient (Wildman–Crippen LogP) is 2.48. The van der Waals surface area contributed by atoms with E-state index in [1.807, 2.05) is 12.2 Å². The van der Waals surface area contributed by atoms with Gasteiger partial charge in [0.2, 0.25) is 5.78 Å². The minimum atomic E-state index is -1.43. The Hall–Kier alpha value is -1.97. The first-order chi connectivity index (χ1) is 8.64. The Balaban J connectivity index is 2.05. The smallest absolute Gasteiger partial charge is 0.286 e. The molecule has 0 aliphatic heterocycles. The van der Waals surface area contributed by atoms with Crippen LogP contribution in [0.3, 0.4) is 0 Å². The normalized spacial score (nSPS) is 32.7. The van der Waals surface area contributed by atoms with Crippen molar-refractivity contribution in [1.29, 1.82) is 0 Å². The number of fused-ring (bicyclic) bond motifs is 2. The van der Waals surface area contributed by atoms with Crippen molar-refractivity contribution in [2.24, 2.45) is 11.8 Å². The number of nitro groups is 1. The molecule has 0 amide bonds. The first-order valence-corrected chi connectivity index (χ1v) is 6.07. The maximum absolute atomic E-state index is 12.5. The van der Waals surface area contributed by atoms with Gasteiger partial charge in [0.05, 0.1) is 5.92 Å². The number of hydrogen-bond donors (Lipinski definition) is 0. The molecule has 0 saturated heterocycles. The molecule has 0 aromatic heterocycles. The minimum absolute atomic E-state index is 0.188. The second kappa shape index (κ2) is 3.77. The van der Waals surface area contributed by atoms with Gasteiger partial charge in [-0.05, 0) is 12.3 Å². The highest BCUT2D eigenvalue weighted by molar-refractivity contribution is 6.03. The molecular weight excluding hydrogens is 230 g/mol. The summed E-state index contributed by atoms with van der Waals surface area (Å²) in [6.45, 7) is 0. The van der Waals surface area contributed by atoms with Crippen molar-refractivity contribution in [3.05, 3.63) is 58.2 Å². The van der Waals surface area contributed by atoms with E-state index in [4.69, 9.17) is 0 Å². The molecule has 3 rings (SSSR count). The summed E-state index contributed by atoms with van der Waals surface area (Å²) in [4.78, 5) is 23.6. The van der Waals surface area contributed by atoms with Crippen molar-refractivity contribution in [2.75, 3.05) is 0 Å². The highest BCUT2D eigenvalue weighted by atomic mass is 16.6. The molecule has 4 nitrogen and oxygen atoms in total. The van der Waals surface area contributed by atoms with Gasteiger partial charge >= 0.3 is 0 Å². The van der Waals surface area contributed by atoms with Gasteiger partial charge in [0, 0.05) is 16.9 Å². The maximum Gasteiger partial charge on any atom is 0.290 e. The number of hydrogen-bond acceptors (Lipinski definition) is 3. The predicted molar refractivity (Wildman–Crippen MR) is 65.9 cm³/mol. The van der Waals surface area contributed by atoms with E-state index < -0.39 is 5.54 Å². The summed E-state index contributed by atoms with van der Waals surface area (Å²) in [6, 6.07) is 8.59. The van der Waals surface area contributed by atoms with Crippen molar-refractivity contribution in [1.82, 2.24) is 0 Å². The van der Waals surface area contributed by atoms with Crippen LogP contribution in [0.4, 0.5) is 0 Å². The van der Waals surface area contributed by atoms with Crippen LogP contribution in [0.1, 0.15) is 23.2 Å². The molecule has 2 aliphatic carbocycles. The van der Waals surface area contributed by atoms with Crippen LogP contribution in [0.25, 0.3) is 0 Å². The summed E-state index contributed by atoms with van der Waals surface area (Å²) in [7, 11) is 0. The van der Waals surface area contributed by atoms with Crippen molar-refractivity contribution < 1.29 is 9.72 Å². The van der Waals surface area contributed by atoms with Gasteiger partial charge in [-0.1, -0.05) is 42.5 Å². The van der Waals surface area contributed by atoms with E-state index in [-0.39, 0.29) is 22.5 Å². The van der Waals surface area contributed by atoms with Gasteiger partial charge in [0.1, 0.15) is 0 Å². The number of Topliss-reactive ketones (excluding diaryl/α,β-unsaturated/α-hetero) is 1. The number of rotatable bonds is 3. The zero-order valence-corrected chi connectivity index (χ0v) is 9.78. The first kappa shape index (κ1) is 11.1. The van der Waals surface area contributed by atoms with Gasteiger partial charge < -0.3 is 0 Å². The van der Waals surface area contributed by atoms with E-state index in [1.54, 1.807) is 30.3 Å². The topological polar surface area (TPSA) is 60.2 Å². The molecule has 0 radical (unpaired) electrons. The highest BCUT2D eigenvalue weighted by Crippen LogP contribution is 2.49. The van der Waals surface area contributed by atoms with Crippen LogP contribution in [0.2, 0.25) is 0 Å². The van der Waals surface area contributed by atoms with Crippen molar-refractivity contribution in [2.45, 2.75) is 18.4 Å². The Morgan fingerprint density at radius 1 is 1.28 bits per heavy atom. The maximum atomic E-state index is 12.5. The standard InChI is InChI=1S/C14H13NO3/c16-13(11-4-2-1-3-5-11)14(15(17)18)9-10-6-7-12(14)8-10/h1-7,10,12H,8-9H2/t10-,12+,14-/m1/s1. The third-order valence-electron chi connectivity index (χ3n) is 4.11. The summed E-state index contributed by atoms with van der Waals surface area (Å²) in [5.41, 5.74) is -0.990. The molecule has 18 heavy (non-hydrogen) atoms. The number of ketones is 1. The van der Waals surface area contributed by atoms with Gasteiger partial charge in [-0.2, -0.15) is 0 Å². The molecular formula is C14H13NO3. The summed E-state index contributed by atoms with van der Waals surface area (Å²) < 4.78 is 0. The van der Waals surface area contributed by atoms with Gasteiger partial charge in [0.15, 0.2) is 0 Å². The molecule has 92 valence electrons. The Morgan fingerprint density at radius 3 is 2.50 bits per heavy atom. The van der Waals surface area contributed by atoms with Crippen LogP contribution in [0.5, 0.6) is 0 Å². The van der Waals surface area contributed by atoms with E-state index >= 15 is 0 Å². The number of allylic oxidation sites excluding steroid dienone is 1. The zero-order chi connectivity index (χ0) is 12.8. The van der Waals surface area contributed by atoms with Crippen molar-refractivity contribution in [3.63, 3.8) is 0 Å². The molecule has 0 spiro atoms. The third kappa shape index (κ3) is 1.35. The van der Waals surface area contributed by atoms with Crippen molar-refractivity contribution in [3.8, 4) is 0 Å². The largest absolute Gasteiger partial charge is 0.290 e. The fourth-order valence-electron chi connectivity index (χ4n) is 3.22. The minimum Gasteiger partial charge on any atom is -0.286 e. The Morgan fingerprint density at radius 2 is 2.00 bits per heavy atom. The second-order valence-electron chi connectivity index (χ2n) is 5.07. The van der Waals surface area contributed by atoms with E-state index in [0.717, 1.165) is 6.42 Å². The quantitative estimate of drug-likeness (QED) is 0.354. The molecule has 2 bridgehead atoms. The van der Waals surface area contributed by atoms with Crippen LogP contribution in [-0.2, 0) is 0 Å². The van der Waals surface area contributed by atoms with Gasteiger partial charge in [-0.15, -0.1) is 0 Å². The van der Waals surface area contributed by atoms with Gasteiger partial charge in [0.25, 0.3) is 5.54 Å². The lowest BCUT2D eigenvalue weighted by atomic mass is 9.79. The SMILES string of the molecule is O=C(c1ccccc1)[C@@]1([N+](=O)[O-])C[C@@H]2C=C[C@H]1C2. The number of carbonyl (C=O) groups is 1. The van der Waals surface area contributed by atoms with Gasteiger partial charge in [-0.25, -0.2) is 0 Å². The molecule has 1 saturated carbocycles. The summed E-state index contributed by atoms with van der Waals surface area (Å²) in [5.74, 6) is -0.400. The lowest BCUT2D eigenvalue weighted by Crippen LogP contribution is -2.49. The lowest BCUT2D eigenvalue weighted by Gasteiger charge is -2.25. The van der Waals surface area contributed by atoms with Gasteiger partial charge in [-0.3, -0.25) is 14.9 Å². The average molecular weight is 243 g/mol. The fraction of sp³-hybridized carbons (Fsp3) is 0.357. The molecule has 1 aromatic rings. The van der Waals surface area contributed by atoms with Crippen LogP contribution < -0.4 is 0 Å². The molecule has 0 N–H and O–H groups in total. The lowest BCUT2D eigenvalue weighted by molar-refractivity contribution is -0.555. The summed E-state index contributed by atoms with van der Waals surface area (Å²) in [5, 5.41) is 11.5. The second-order valence-corrected chi connectivity index (χ2v) is 5.07. The molecule has 1 fully saturated rings. The number of benzene rings is 1. The molecule has 2 aliphatic rings. The molecule has 3 atom stereocenters. The highest BCUT2D eigenvalue weighted by Gasteiger charge is 2.63. The van der Waals surface area contributed by atoms with Crippen molar-refractivity contribution >= 4 is 5.78 Å². The Kier molecular flexibility index (Phi) is 2.33. The van der Waals surface area contributed by atoms with Crippen LogP contribution in [0.15, 0.2) is 42.5 Å². The van der Waals surface area contributed by atoms with E-state index in [2.05, 4.69) is 0 Å². The molecule has 1 aromatic carbocycles. The van der Waals surface area contributed by atoms with E-state index in [9.17, 15) is 14.9 Å². The molecule has 0 unspecified atom stereocenters. The van der Waals surface area contributed by atoms with Crippen LogP contribution >= 0.6 is 0 Å². The van der Waals surface area contributed by atoms with E-state index in [0.29, 0.717) is 12.0 Å². The Labute approximate surface area is 104 Å². The summed E-state index contributed by atoms with van der Waals surface area (Å²) in [6.07, 6.45) is 4.93. The van der Waals surface area contributed by atoms with Crippen LogP contribution in [0, 0.1) is 22.0 Å². The van der Waals surface area contributed by atoms with E-state index in [1.165, 1.54) is 0 Å². The average Bonchev–Trinajstić information content (AvgIpc) is 2.99. The molecule has 0 heterocycles. The monoisotopic (exact) mass is 243 g/mol.